The Morgan fingerprint density at radius 3 is 2.32 bits per heavy atom. The molecule has 0 atom stereocenters. The first-order chi connectivity index (χ1) is 13.4. The predicted octanol–water partition coefficient (Wildman–Crippen LogP) is 3.51. The van der Waals surface area contributed by atoms with E-state index in [2.05, 4.69) is 4.74 Å². The number of nitro groups is 1. The molecule has 2 aromatic rings. The number of aryl methyl sites for hydroxylation is 1. The van der Waals surface area contributed by atoms with Gasteiger partial charge in [-0.05, 0) is 36.3 Å². The van der Waals surface area contributed by atoms with Crippen LogP contribution in [-0.4, -0.2) is 35.4 Å². The number of nitrogens with zero attached hydrogens (tertiary/aromatic N) is 2. The third kappa shape index (κ3) is 6.35. The van der Waals surface area contributed by atoms with Crippen LogP contribution >= 0.6 is 0 Å². The second kappa shape index (κ2) is 10.0. The van der Waals surface area contributed by atoms with Crippen LogP contribution in [-0.2, 0) is 20.9 Å². The molecule has 146 valence electrons. The van der Waals surface area contributed by atoms with Gasteiger partial charge in [0.2, 0.25) is 5.91 Å². The van der Waals surface area contributed by atoms with E-state index in [1.54, 1.807) is 23.1 Å². The van der Waals surface area contributed by atoms with Gasteiger partial charge in [-0.3, -0.25) is 19.7 Å². The van der Waals surface area contributed by atoms with E-state index < -0.39 is 4.92 Å². The summed E-state index contributed by atoms with van der Waals surface area (Å²) >= 11 is 0. The summed E-state index contributed by atoms with van der Waals surface area (Å²) in [7, 11) is 1.31. The van der Waals surface area contributed by atoms with Crippen molar-refractivity contribution in [1.29, 1.82) is 0 Å². The number of hydrogen-bond donors (Lipinski definition) is 0. The van der Waals surface area contributed by atoms with Gasteiger partial charge in [-0.15, -0.1) is 0 Å². The van der Waals surface area contributed by atoms with Crippen LogP contribution in [0.3, 0.4) is 0 Å². The number of carbonyl (C=O) groups excluding carboxylic acids is 2. The molecule has 2 rings (SSSR count). The topological polar surface area (TPSA) is 89.8 Å². The van der Waals surface area contributed by atoms with Gasteiger partial charge >= 0.3 is 5.97 Å². The van der Waals surface area contributed by atoms with Gasteiger partial charge in [0.25, 0.3) is 5.69 Å². The van der Waals surface area contributed by atoms with E-state index >= 15 is 0 Å². The van der Waals surface area contributed by atoms with E-state index in [4.69, 9.17) is 0 Å². The van der Waals surface area contributed by atoms with Crippen LogP contribution in [0.25, 0.3) is 6.08 Å². The van der Waals surface area contributed by atoms with Crippen molar-refractivity contribution >= 4 is 23.6 Å². The second-order valence-corrected chi connectivity index (χ2v) is 6.25. The van der Waals surface area contributed by atoms with E-state index in [9.17, 15) is 19.7 Å². The van der Waals surface area contributed by atoms with Gasteiger partial charge in [0, 0.05) is 31.3 Å². The zero-order chi connectivity index (χ0) is 20.5. The Bertz CT molecular complexity index is 857. The summed E-state index contributed by atoms with van der Waals surface area (Å²) in [6, 6.07) is 13.7. The minimum absolute atomic E-state index is 0.0115. The van der Waals surface area contributed by atoms with Crippen molar-refractivity contribution in [1.82, 2.24) is 4.90 Å². The molecule has 0 saturated carbocycles. The highest BCUT2D eigenvalue weighted by molar-refractivity contribution is 5.92. The standard InChI is InChI=1S/C21H22N2O5/c1-16-3-5-18(6-4-16)15-22(14-13-21(25)28-2)20(24)12-9-17-7-10-19(11-8-17)23(26)27/h3-12H,13-15H2,1-2H3/b12-9+. The minimum atomic E-state index is -0.477. The number of methoxy groups -OCH3 is 1. The Hall–Kier alpha value is -3.48. The average Bonchev–Trinajstić information content (AvgIpc) is 2.70. The summed E-state index contributed by atoms with van der Waals surface area (Å²) in [6.45, 7) is 2.57. The molecule has 2 aromatic carbocycles. The largest absolute Gasteiger partial charge is 0.469 e. The fraction of sp³-hybridized carbons (Fsp3) is 0.238. The van der Waals surface area contributed by atoms with Crippen molar-refractivity contribution in [2.24, 2.45) is 0 Å². The lowest BCUT2D eigenvalue weighted by Gasteiger charge is -2.21. The smallest absolute Gasteiger partial charge is 0.307 e. The van der Waals surface area contributed by atoms with Crippen molar-refractivity contribution < 1.29 is 19.2 Å². The number of non-ortho nitro benzene ring substituents is 1. The molecule has 0 fully saturated rings. The van der Waals surface area contributed by atoms with E-state index in [1.807, 2.05) is 31.2 Å². The summed E-state index contributed by atoms with van der Waals surface area (Å²) in [6.07, 6.45) is 3.08. The van der Waals surface area contributed by atoms with E-state index in [0.717, 1.165) is 11.1 Å². The van der Waals surface area contributed by atoms with Crippen molar-refractivity contribution in [3.05, 3.63) is 81.4 Å². The number of nitro benzene ring substituents is 1. The molecule has 0 unspecified atom stereocenters. The maximum absolute atomic E-state index is 12.6. The summed E-state index contributed by atoms with van der Waals surface area (Å²) < 4.78 is 4.66. The molecule has 0 bridgehead atoms. The van der Waals surface area contributed by atoms with Crippen LogP contribution in [0.15, 0.2) is 54.6 Å². The van der Waals surface area contributed by atoms with Gasteiger partial charge in [-0.1, -0.05) is 29.8 Å². The summed E-state index contributed by atoms with van der Waals surface area (Å²) in [4.78, 5) is 35.9. The summed E-state index contributed by atoms with van der Waals surface area (Å²) in [5.41, 5.74) is 2.73. The fourth-order valence-corrected chi connectivity index (χ4v) is 2.49. The van der Waals surface area contributed by atoms with Crippen molar-refractivity contribution in [3.63, 3.8) is 0 Å². The first-order valence-electron chi connectivity index (χ1n) is 8.73. The highest BCUT2D eigenvalue weighted by Crippen LogP contribution is 2.14. The Balaban J connectivity index is 2.10. The molecule has 0 radical (unpaired) electrons. The Morgan fingerprint density at radius 2 is 1.75 bits per heavy atom. The molecule has 1 amide bonds. The van der Waals surface area contributed by atoms with Crippen LogP contribution in [0, 0.1) is 17.0 Å². The number of hydrogen-bond acceptors (Lipinski definition) is 5. The van der Waals surface area contributed by atoms with Crippen molar-refractivity contribution in [2.75, 3.05) is 13.7 Å². The number of benzene rings is 2. The van der Waals surface area contributed by atoms with Crippen LogP contribution in [0.1, 0.15) is 23.1 Å². The highest BCUT2D eigenvalue weighted by atomic mass is 16.6. The lowest BCUT2D eigenvalue weighted by molar-refractivity contribution is -0.384. The third-order valence-corrected chi connectivity index (χ3v) is 4.14. The molecule has 0 saturated heterocycles. The average molecular weight is 382 g/mol. The molecule has 0 aromatic heterocycles. The first-order valence-corrected chi connectivity index (χ1v) is 8.73. The normalized spacial score (nSPS) is 10.6. The predicted molar refractivity (Wildman–Crippen MR) is 105 cm³/mol. The fourth-order valence-electron chi connectivity index (χ4n) is 2.49. The zero-order valence-corrected chi connectivity index (χ0v) is 15.8. The SMILES string of the molecule is COC(=O)CCN(Cc1ccc(C)cc1)C(=O)/C=C/c1ccc([N+](=O)[O-])cc1. The van der Waals surface area contributed by atoms with Gasteiger partial charge in [0.1, 0.15) is 0 Å². The summed E-state index contributed by atoms with van der Waals surface area (Å²) in [5.74, 6) is -0.649. The van der Waals surface area contributed by atoms with E-state index in [0.29, 0.717) is 12.1 Å². The molecule has 28 heavy (non-hydrogen) atoms. The lowest BCUT2D eigenvalue weighted by Crippen LogP contribution is -2.31. The first kappa shape index (κ1) is 20.8. The molecular weight excluding hydrogens is 360 g/mol. The molecule has 0 heterocycles. The number of carbonyl (C=O) groups is 2. The maximum Gasteiger partial charge on any atom is 0.307 e. The molecule has 0 spiro atoms. The number of amides is 1. The quantitative estimate of drug-likeness (QED) is 0.302. The van der Waals surface area contributed by atoms with Crippen molar-refractivity contribution in [2.45, 2.75) is 19.9 Å². The summed E-state index contributed by atoms with van der Waals surface area (Å²) in [5, 5.41) is 10.7. The van der Waals surface area contributed by atoms with Crippen LogP contribution in [0.4, 0.5) is 5.69 Å². The molecule has 0 aliphatic rings. The lowest BCUT2D eigenvalue weighted by atomic mass is 10.1. The Morgan fingerprint density at radius 1 is 1.11 bits per heavy atom. The van der Waals surface area contributed by atoms with Gasteiger partial charge < -0.3 is 9.64 Å². The maximum atomic E-state index is 12.6. The monoisotopic (exact) mass is 382 g/mol. The van der Waals surface area contributed by atoms with Gasteiger partial charge in [-0.25, -0.2) is 0 Å². The molecule has 0 N–H and O–H groups in total. The zero-order valence-electron chi connectivity index (χ0n) is 15.8. The molecule has 0 aliphatic heterocycles. The third-order valence-electron chi connectivity index (χ3n) is 4.14. The van der Waals surface area contributed by atoms with Gasteiger partial charge in [-0.2, -0.15) is 0 Å². The molecule has 0 aliphatic carbocycles. The van der Waals surface area contributed by atoms with Crippen LogP contribution < -0.4 is 0 Å². The number of esters is 1. The van der Waals surface area contributed by atoms with Crippen LogP contribution in [0.5, 0.6) is 0 Å². The Kier molecular flexibility index (Phi) is 7.45. The van der Waals surface area contributed by atoms with Crippen molar-refractivity contribution in [3.8, 4) is 0 Å². The van der Waals surface area contributed by atoms with Gasteiger partial charge in [0.15, 0.2) is 0 Å². The van der Waals surface area contributed by atoms with E-state index in [-0.39, 0.29) is 30.5 Å². The minimum Gasteiger partial charge on any atom is -0.469 e. The van der Waals surface area contributed by atoms with Crippen LogP contribution in [0.2, 0.25) is 0 Å². The molecule has 7 nitrogen and oxygen atoms in total. The molecule has 7 heteroatoms. The molecular formula is C21H22N2O5. The number of rotatable bonds is 8. The highest BCUT2D eigenvalue weighted by Gasteiger charge is 2.14. The Labute approximate surface area is 163 Å². The second-order valence-electron chi connectivity index (χ2n) is 6.25. The van der Waals surface area contributed by atoms with E-state index in [1.165, 1.54) is 25.3 Å². The van der Waals surface area contributed by atoms with Gasteiger partial charge in [0.05, 0.1) is 18.5 Å². The number of ether oxygens (including phenoxy) is 1.